The molecular weight excluding hydrogens is 210 g/mol. The Morgan fingerprint density at radius 3 is 2.47 bits per heavy atom. The van der Waals surface area contributed by atoms with Crippen molar-refractivity contribution in [1.82, 2.24) is 4.90 Å². The van der Waals surface area contributed by atoms with Gasteiger partial charge in [-0.3, -0.25) is 0 Å². The van der Waals surface area contributed by atoms with Gasteiger partial charge in [-0.1, -0.05) is 11.6 Å². The van der Waals surface area contributed by atoms with Gasteiger partial charge >= 0.3 is 0 Å². The highest BCUT2D eigenvalue weighted by Gasteiger charge is 2.15. The Balaban J connectivity index is 2.15. The van der Waals surface area contributed by atoms with Gasteiger partial charge in [0.05, 0.1) is 11.4 Å². The molecule has 0 aliphatic carbocycles. The Kier molecular flexibility index (Phi) is 3.03. The van der Waals surface area contributed by atoms with Crippen LogP contribution in [0.3, 0.4) is 0 Å². The molecule has 2 rings (SSSR count). The second-order valence-corrected chi connectivity index (χ2v) is 4.43. The molecule has 15 heavy (non-hydrogen) atoms. The van der Waals surface area contributed by atoms with Gasteiger partial charge in [0, 0.05) is 31.2 Å². The zero-order valence-electron chi connectivity index (χ0n) is 8.91. The molecule has 0 spiro atoms. The number of halogens is 1. The van der Waals surface area contributed by atoms with Crippen LogP contribution in [0.25, 0.3) is 0 Å². The fourth-order valence-corrected chi connectivity index (χ4v) is 2.04. The quantitative estimate of drug-likeness (QED) is 0.739. The van der Waals surface area contributed by atoms with Crippen LogP contribution < -0.4 is 10.6 Å². The Labute approximate surface area is 95.4 Å². The summed E-state index contributed by atoms with van der Waals surface area (Å²) in [5, 5.41) is 0.699. The number of nitrogens with two attached hydrogens (primary N) is 1. The molecule has 0 saturated carbocycles. The molecule has 4 heteroatoms. The van der Waals surface area contributed by atoms with Gasteiger partial charge in [0.1, 0.15) is 0 Å². The first-order valence-corrected chi connectivity index (χ1v) is 5.53. The summed E-state index contributed by atoms with van der Waals surface area (Å²) in [6.45, 7) is 4.23. The van der Waals surface area contributed by atoms with Crippen LogP contribution in [0, 0.1) is 0 Å². The Hall–Kier alpha value is -0.930. The molecule has 0 atom stereocenters. The number of benzene rings is 1. The van der Waals surface area contributed by atoms with Crippen molar-refractivity contribution in [2.75, 3.05) is 43.9 Å². The van der Waals surface area contributed by atoms with E-state index in [4.69, 9.17) is 17.3 Å². The third-order valence-electron chi connectivity index (χ3n) is 2.83. The fraction of sp³-hybridized carbons (Fsp3) is 0.455. The molecule has 2 N–H and O–H groups in total. The maximum absolute atomic E-state index is 5.95. The summed E-state index contributed by atoms with van der Waals surface area (Å²) in [5.74, 6) is 0. The largest absolute Gasteiger partial charge is 0.397 e. The molecule has 0 unspecified atom stereocenters. The van der Waals surface area contributed by atoms with E-state index in [2.05, 4.69) is 16.8 Å². The van der Waals surface area contributed by atoms with Gasteiger partial charge in [-0.25, -0.2) is 0 Å². The zero-order valence-corrected chi connectivity index (χ0v) is 9.67. The molecule has 1 aliphatic heterocycles. The van der Waals surface area contributed by atoms with Gasteiger partial charge in [0.15, 0.2) is 0 Å². The highest BCUT2D eigenvalue weighted by Crippen LogP contribution is 2.27. The number of nitrogen functional groups attached to an aromatic ring is 1. The maximum Gasteiger partial charge on any atom is 0.0601 e. The normalized spacial score (nSPS) is 18.1. The lowest BCUT2D eigenvalue weighted by atomic mass is 10.2. The Morgan fingerprint density at radius 2 is 1.87 bits per heavy atom. The van der Waals surface area contributed by atoms with E-state index in [0.717, 1.165) is 37.6 Å². The van der Waals surface area contributed by atoms with E-state index in [1.54, 1.807) is 0 Å². The number of nitrogens with zero attached hydrogens (tertiary/aromatic N) is 2. The van der Waals surface area contributed by atoms with E-state index in [9.17, 15) is 0 Å². The van der Waals surface area contributed by atoms with E-state index in [0.29, 0.717) is 5.02 Å². The van der Waals surface area contributed by atoms with Gasteiger partial charge in [0.2, 0.25) is 0 Å². The second-order valence-electron chi connectivity index (χ2n) is 3.99. The zero-order chi connectivity index (χ0) is 10.8. The van der Waals surface area contributed by atoms with E-state index >= 15 is 0 Å². The van der Waals surface area contributed by atoms with E-state index in [1.165, 1.54) is 0 Å². The first-order chi connectivity index (χ1) is 7.16. The molecule has 0 bridgehead atoms. The number of likely N-dealkylation sites (N-methyl/N-ethyl adjacent to an activating group) is 1. The van der Waals surface area contributed by atoms with Gasteiger partial charge in [-0.2, -0.15) is 0 Å². The molecule has 1 aromatic carbocycles. The smallest absolute Gasteiger partial charge is 0.0601 e. The lowest BCUT2D eigenvalue weighted by Gasteiger charge is -2.34. The van der Waals surface area contributed by atoms with Crippen molar-refractivity contribution in [2.24, 2.45) is 0 Å². The lowest BCUT2D eigenvalue weighted by Crippen LogP contribution is -2.44. The number of hydrogen-bond acceptors (Lipinski definition) is 3. The van der Waals surface area contributed by atoms with Gasteiger partial charge in [0.25, 0.3) is 0 Å². The fourth-order valence-electron chi connectivity index (χ4n) is 1.86. The lowest BCUT2D eigenvalue weighted by molar-refractivity contribution is 0.313. The molecule has 1 saturated heterocycles. The molecule has 1 fully saturated rings. The highest BCUT2D eigenvalue weighted by atomic mass is 35.5. The topological polar surface area (TPSA) is 32.5 Å². The first kappa shape index (κ1) is 10.6. The van der Waals surface area contributed by atoms with Crippen LogP contribution in [0.15, 0.2) is 18.2 Å². The number of anilines is 2. The molecule has 0 amide bonds. The van der Waals surface area contributed by atoms with Crippen molar-refractivity contribution >= 4 is 23.0 Å². The van der Waals surface area contributed by atoms with Crippen LogP contribution in [-0.4, -0.2) is 38.1 Å². The Bertz CT molecular complexity index is 346. The van der Waals surface area contributed by atoms with Crippen LogP contribution in [0.1, 0.15) is 0 Å². The summed E-state index contributed by atoms with van der Waals surface area (Å²) in [5.41, 5.74) is 7.82. The molecule has 82 valence electrons. The van der Waals surface area contributed by atoms with Crippen molar-refractivity contribution in [2.45, 2.75) is 0 Å². The minimum absolute atomic E-state index is 0.699. The van der Waals surface area contributed by atoms with E-state index in [1.807, 2.05) is 18.2 Å². The molecule has 0 radical (unpaired) electrons. The van der Waals surface area contributed by atoms with Gasteiger partial charge < -0.3 is 15.5 Å². The predicted octanol–water partition coefficient (Wildman–Crippen LogP) is 1.67. The van der Waals surface area contributed by atoms with Crippen molar-refractivity contribution in [1.29, 1.82) is 0 Å². The predicted molar refractivity (Wildman–Crippen MR) is 65.6 cm³/mol. The summed E-state index contributed by atoms with van der Waals surface area (Å²) in [7, 11) is 2.14. The summed E-state index contributed by atoms with van der Waals surface area (Å²) in [6, 6.07) is 5.71. The highest BCUT2D eigenvalue weighted by molar-refractivity contribution is 6.31. The molecular formula is C11H16ClN3. The van der Waals surface area contributed by atoms with Crippen LogP contribution in [0.2, 0.25) is 5.02 Å². The van der Waals surface area contributed by atoms with Crippen molar-refractivity contribution in [3.63, 3.8) is 0 Å². The molecule has 0 aromatic heterocycles. The molecule has 1 aromatic rings. The SMILES string of the molecule is CN1CCN(c2ccc(Cl)cc2N)CC1. The van der Waals surface area contributed by atoms with Crippen LogP contribution >= 0.6 is 11.6 Å². The van der Waals surface area contributed by atoms with Crippen LogP contribution in [-0.2, 0) is 0 Å². The third-order valence-corrected chi connectivity index (χ3v) is 3.07. The molecule has 1 heterocycles. The van der Waals surface area contributed by atoms with Gasteiger partial charge in [-0.05, 0) is 25.2 Å². The average molecular weight is 226 g/mol. The van der Waals surface area contributed by atoms with Crippen molar-refractivity contribution in [3.05, 3.63) is 23.2 Å². The minimum Gasteiger partial charge on any atom is -0.397 e. The van der Waals surface area contributed by atoms with Crippen molar-refractivity contribution in [3.8, 4) is 0 Å². The minimum atomic E-state index is 0.699. The van der Waals surface area contributed by atoms with E-state index < -0.39 is 0 Å². The van der Waals surface area contributed by atoms with Crippen molar-refractivity contribution < 1.29 is 0 Å². The van der Waals surface area contributed by atoms with Crippen LogP contribution in [0.4, 0.5) is 11.4 Å². The van der Waals surface area contributed by atoms with E-state index in [-0.39, 0.29) is 0 Å². The number of piperazine rings is 1. The monoisotopic (exact) mass is 225 g/mol. The standard InChI is InChI=1S/C11H16ClN3/c1-14-4-6-15(7-5-14)11-3-2-9(12)8-10(11)13/h2-3,8H,4-7,13H2,1H3. The Morgan fingerprint density at radius 1 is 1.20 bits per heavy atom. The molecule has 3 nitrogen and oxygen atoms in total. The van der Waals surface area contributed by atoms with Gasteiger partial charge in [-0.15, -0.1) is 0 Å². The molecule has 1 aliphatic rings. The summed E-state index contributed by atoms with van der Waals surface area (Å²) in [4.78, 5) is 4.63. The maximum atomic E-state index is 5.95. The second kappa shape index (κ2) is 4.29. The summed E-state index contributed by atoms with van der Waals surface area (Å²) < 4.78 is 0. The number of hydrogen-bond donors (Lipinski definition) is 1. The number of rotatable bonds is 1. The third kappa shape index (κ3) is 2.36. The summed E-state index contributed by atoms with van der Waals surface area (Å²) in [6.07, 6.45) is 0. The van der Waals surface area contributed by atoms with Crippen LogP contribution in [0.5, 0.6) is 0 Å². The summed E-state index contributed by atoms with van der Waals surface area (Å²) >= 11 is 5.87. The first-order valence-electron chi connectivity index (χ1n) is 5.15. The average Bonchev–Trinajstić information content (AvgIpc) is 2.20.